The van der Waals surface area contributed by atoms with Gasteiger partial charge in [0.15, 0.2) is 10.7 Å². The van der Waals surface area contributed by atoms with Crippen LogP contribution in [-0.4, -0.2) is 48.2 Å². The average Bonchev–Trinajstić information content (AvgIpc) is 3.17. The van der Waals surface area contributed by atoms with Crippen molar-refractivity contribution in [3.63, 3.8) is 0 Å². The molecular formula is C17H12F11N5O2S3. The highest BCUT2D eigenvalue weighted by molar-refractivity contribution is 7.93. The van der Waals surface area contributed by atoms with Crippen molar-refractivity contribution >= 4 is 49.5 Å². The number of anilines is 2. The Morgan fingerprint density at radius 3 is 1.87 bits per heavy atom. The summed E-state index contributed by atoms with van der Waals surface area (Å²) in [5.74, 6) is -6.66. The highest BCUT2D eigenvalue weighted by atomic mass is 32.2. The van der Waals surface area contributed by atoms with Gasteiger partial charge in [-0.05, 0) is 42.9 Å². The SMILES string of the molecule is CCc1nnc(NS(=O)(=O)c2ccc(NC(=S)NC(=C(C(F)(F)F)C(F)(F)F)C(F)(F)C(F)(F)F)cc2)s1. The first kappa shape index (κ1) is 31.4. The fourth-order valence-corrected chi connectivity index (χ4v) is 4.62. The zero-order valence-electron chi connectivity index (χ0n) is 18.1. The van der Waals surface area contributed by atoms with Crippen molar-refractivity contribution in [1.29, 1.82) is 0 Å². The molecule has 1 aromatic heterocycles. The Morgan fingerprint density at radius 2 is 1.45 bits per heavy atom. The number of nitrogens with zero attached hydrogens (tertiary/aromatic N) is 2. The van der Waals surface area contributed by atoms with Gasteiger partial charge in [-0.2, -0.15) is 48.3 Å². The molecule has 38 heavy (non-hydrogen) atoms. The first-order chi connectivity index (χ1) is 17.1. The van der Waals surface area contributed by atoms with Gasteiger partial charge in [-0.25, -0.2) is 8.42 Å². The third kappa shape index (κ3) is 7.40. The second-order valence-electron chi connectivity index (χ2n) is 6.88. The maximum atomic E-state index is 13.8. The fraction of sp³-hybridized carbons (Fsp3) is 0.353. The number of rotatable bonds is 7. The molecule has 21 heteroatoms. The maximum absolute atomic E-state index is 13.8. The van der Waals surface area contributed by atoms with E-state index in [1.54, 1.807) is 6.92 Å². The Bertz CT molecular complexity index is 1280. The van der Waals surface area contributed by atoms with Crippen molar-refractivity contribution in [2.24, 2.45) is 0 Å². The van der Waals surface area contributed by atoms with Gasteiger partial charge in [0.2, 0.25) is 5.13 Å². The molecule has 3 N–H and O–H groups in total. The van der Waals surface area contributed by atoms with Crippen molar-refractivity contribution in [2.75, 3.05) is 10.0 Å². The minimum Gasteiger partial charge on any atom is -0.332 e. The van der Waals surface area contributed by atoms with Gasteiger partial charge >= 0.3 is 24.5 Å². The number of halogens is 11. The van der Waals surface area contributed by atoms with Crippen LogP contribution in [0.5, 0.6) is 0 Å². The molecule has 212 valence electrons. The van der Waals surface area contributed by atoms with E-state index in [0.717, 1.165) is 35.6 Å². The molecule has 0 amide bonds. The van der Waals surface area contributed by atoms with Gasteiger partial charge < -0.3 is 10.6 Å². The maximum Gasteiger partial charge on any atom is 0.459 e. The van der Waals surface area contributed by atoms with Crippen LogP contribution in [0.4, 0.5) is 59.1 Å². The molecule has 2 aromatic rings. The van der Waals surface area contributed by atoms with Crippen LogP contribution in [0.3, 0.4) is 0 Å². The van der Waals surface area contributed by atoms with E-state index in [4.69, 9.17) is 0 Å². The topological polar surface area (TPSA) is 96.0 Å². The van der Waals surface area contributed by atoms with E-state index < -0.39 is 61.4 Å². The number of benzene rings is 1. The molecule has 0 aliphatic carbocycles. The lowest BCUT2D eigenvalue weighted by molar-refractivity contribution is -0.269. The summed E-state index contributed by atoms with van der Waals surface area (Å²) in [6.07, 6.45) is -19.8. The Balaban J connectivity index is 2.34. The van der Waals surface area contributed by atoms with Crippen LogP contribution < -0.4 is 15.4 Å². The number of alkyl halides is 11. The van der Waals surface area contributed by atoms with Gasteiger partial charge in [0, 0.05) is 5.69 Å². The number of sulfonamides is 1. The Hall–Kier alpha value is -2.81. The standard InChI is InChI=1S/C17H12F11N5O2S3/c1-2-9-31-32-13(37-9)33-38(34,35)8-5-3-7(4-6-8)29-12(36)30-11(14(18,19)17(26,27)28)10(15(20,21)22)16(23,24)25/h3-6H,2H2,1H3,(H,32,33)(H2,29,30,36). The third-order valence-electron chi connectivity index (χ3n) is 4.14. The highest BCUT2D eigenvalue weighted by Crippen LogP contribution is 2.48. The molecule has 0 spiro atoms. The van der Waals surface area contributed by atoms with Crippen LogP contribution in [0.2, 0.25) is 0 Å². The van der Waals surface area contributed by atoms with E-state index in [9.17, 15) is 56.7 Å². The summed E-state index contributed by atoms with van der Waals surface area (Å²) in [4.78, 5) is -0.434. The molecule has 0 fully saturated rings. The molecule has 0 aliphatic rings. The van der Waals surface area contributed by atoms with E-state index in [0.29, 0.717) is 16.7 Å². The molecule has 0 saturated heterocycles. The monoisotopic (exact) mass is 623 g/mol. The fourth-order valence-electron chi connectivity index (χ4n) is 2.49. The summed E-state index contributed by atoms with van der Waals surface area (Å²) in [5.41, 5.74) is -8.16. The summed E-state index contributed by atoms with van der Waals surface area (Å²) in [5, 5.41) is 8.66. The molecule has 7 nitrogen and oxygen atoms in total. The van der Waals surface area contributed by atoms with Crippen LogP contribution in [0, 0.1) is 0 Å². The first-order valence-electron chi connectivity index (χ1n) is 9.46. The minimum absolute atomic E-state index is 0.0931. The largest absolute Gasteiger partial charge is 0.459 e. The Labute approximate surface area is 215 Å². The van der Waals surface area contributed by atoms with E-state index in [1.807, 2.05) is 5.32 Å². The summed E-state index contributed by atoms with van der Waals surface area (Å²) in [6.45, 7) is 1.74. The molecule has 1 aromatic carbocycles. The zero-order valence-corrected chi connectivity index (χ0v) is 20.6. The number of aromatic nitrogens is 2. The quantitative estimate of drug-likeness (QED) is 0.267. The van der Waals surface area contributed by atoms with Crippen LogP contribution in [0.1, 0.15) is 11.9 Å². The van der Waals surface area contributed by atoms with Gasteiger partial charge in [-0.3, -0.25) is 4.72 Å². The number of allylic oxidation sites excluding steroid dienone is 2. The van der Waals surface area contributed by atoms with Gasteiger partial charge in [-0.15, -0.1) is 10.2 Å². The molecule has 0 bridgehead atoms. The van der Waals surface area contributed by atoms with Crippen molar-refractivity contribution < 1.29 is 56.7 Å². The molecular weight excluding hydrogens is 611 g/mol. The summed E-state index contributed by atoms with van der Waals surface area (Å²) in [6, 6.07) is 3.40. The minimum atomic E-state index is -6.87. The second-order valence-corrected chi connectivity index (χ2v) is 10.0. The molecule has 0 unspecified atom stereocenters. The first-order valence-corrected chi connectivity index (χ1v) is 12.2. The summed E-state index contributed by atoms with van der Waals surface area (Å²) < 4.78 is 170. The summed E-state index contributed by atoms with van der Waals surface area (Å²) >= 11 is 5.26. The lowest BCUT2D eigenvalue weighted by atomic mass is 10.1. The molecule has 2 rings (SSSR count). The molecule has 1 heterocycles. The number of thiocarbonyl (C=S) groups is 1. The Kier molecular flexibility index (Phi) is 8.89. The third-order valence-corrected chi connectivity index (χ3v) is 6.81. The van der Waals surface area contributed by atoms with Gasteiger partial charge in [-0.1, -0.05) is 18.3 Å². The number of hydrogen-bond donors (Lipinski definition) is 3. The molecule has 0 atom stereocenters. The molecule has 0 saturated carbocycles. The van der Waals surface area contributed by atoms with Crippen molar-refractivity contribution in [3.8, 4) is 0 Å². The normalized spacial score (nSPS) is 13.2. The van der Waals surface area contributed by atoms with Crippen molar-refractivity contribution in [1.82, 2.24) is 15.5 Å². The predicted molar refractivity (Wildman–Crippen MR) is 116 cm³/mol. The van der Waals surface area contributed by atoms with Gasteiger partial charge in [0.25, 0.3) is 10.0 Å². The van der Waals surface area contributed by atoms with Gasteiger partial charge in [0.1, 0.15) is 10.7 Å². The highest BCUT2D eigenvalue weighted by Gasteiger charge is 2.66. The number of nitrogens with one attached hydrogen (secondary N) is 3. The lowest BCUT2D eigenvalue weighted by Gasteiger charge is -2.28. The lowest BCUT2D eigenvalue weighted by Crippen LogP contribution is -2.49. The zero-order chi connectivity index (χ0) is 29.3. The van der Waals surface area contributed by atoms with Crippen molar-refractivity contribution in [3.05, 3.63) is 40.5 Å². The second kappa shape index (κ2) is 10.8. The van der Waals surface area contributed by atoms with Crippen LogP contribution in [0.15, 0.2) is 40.4 Å². The van der Waals surface area contributed by atoms with Crippen LogP contribution >= 0.6 is 23.6 Å². The van der Waals surface area contributed by atoms with Crippen LogP contribution in [-0.2, 0) is 16.4 Å². The average molecular weight is 623 g/mol. The van der Waals surface area contributed by atoms with Gasteiger partial charge in [0.05, 0.1) is 4.90 Å². The summed E-state index contributed by atoms with van der Waals surface area (Å²) in [7, 11) is -4.25. The van der Waals surface area contributed by atoms with E-state index in [1.165, 1.54) is 0 Å². The van der Waals surface area contributed by atoms with E-state index >= 15 is 0 Å². The smallest absolute Gasteiger partial charge is 0.332 e. The number of hydrogen-bond acceptors (Lipinski definition) is 6. The van der Waals surface area contributed by atoms with E-state index in [-0.39, 0.29) is 5.13 Å². The van der Waals surface area contributed by atoms with E-state index in [2.05, 4.69) is 27.1 Å². The number of aryl methyl sites for hydroxylation is 1. The van der Waals surface area contributed by atoms with Crippen LogP contribution in [0.25, 0.3) is 0 Å². The Morgan fingerprint density at radius 1 is 0.921 bits per heavy atom. The molecule has 0 aliphatic heterocycles. The molecule has 0 radical (unpaired) electrons. The van der Waals surface area contributed by atoms with Crippen molar-refractivity contribution in [2.45, 2.75) is 42.7 Å². The predicted octanol–water partition coefficient (Wildman–Crippen LogP) is 5.76.